The molecule has 2 aromatic carbocycles. The molecule has 0 aromatic heterocycles. The van der Waals surface area contributed by atoms with Gasteiger partial charge in [0, 0.05) is 5.56 Å². The Morgan fingerprint density at radius 1 is 1.04 bits per heavy atom. The molecule has 0 unspecified atom stereocenters. The van der Waals surface area contributed by atoms with Crippen LogP contribution >= 0.6 is 0 Å². The molecule has 0 heterocycles. The fourth-order valence-corrected chi connectivity index (χ4v) is 4.40. The van der Waals surface area contributed by atoms with Gasteiger partial charge in [-0.1, -0.05) is 6.07 Å². The number of carbonyl (C=O) groups excluding carboxylic acids is 1. The number of hydrogen-bond donors (Lipinski definition) is 2. The molecule has 7 heteroatoms. The predicted molar refractivity (Wildman–Crippen MR) is 97.7 cm³/mol. The molecule has 0 aliphatic heterocycles. The quantitative estimate of drug-likeness (QED) is 0.854. The zero-order valence-corrected chi connectivity index (χ0v) is 15.7. The topological polar surface area (TPSA) is 98.5 Å². The fourth-order valence-electron chi connectivity index (χ4n) is 2.72. The first-order valence-corrected chi connectivity index (χ1v) is 9.15. The molecule has 0 bridgehead atoms. The Morgan fingerprint density at radius 2 is 1.60 bits per heavy atom. The monoisotopic (exact) mass is 362 g/mol. The largest absolute Gasteiger partial charge is 0.495 e. The Hall–Kier alpha value is -2.54. The van der Waals surface area contributed by atoms with E-state index in [1.807, 2.05) is 19.9 Å². The van der Waals surface area contributed by atoms with E-state index < -0.39 is 15.9 Å². The van der Waals surface area contributed by atoms with Gasteiger partial charge in [0.15, 0.2) is 0 Å². The van der Waals surface area contributed by atoms with E-state index in [9.17, 15) is 13.2 Å². The number of benzene rings is 2. The molecule has 0 radical (unpaired) electrons. The third-order valence-electron chi connectivity index (χ3n) is 4.29. The van der Waals surface area contributed by atoms with E-state index in [2.05, 4.69) is 4.72 Å². The first kappa shape index (κ1) is 18.8. The first-order chi connectivity index (χ1) is 11.6. The molecule has 2 rings (SSSR count). The van der Waals surface area contributed by atoms with Crippen LogP contribution in [0.25, 0.3) is 0 Å². The third kappa shape index (κ3) is 3.61. The van der Waals surface area contributed by atoms with Gasteiger partial charge < -0.3 is 10.5 Å². The van der Waals surface area contributed by atoms with Gasteiger partial charge in [-0.3, -0.25) is 9.52 Å². The Kier molecular flexibility index (Phi) is 5.08. The van der Waals surface area contributed by atoms with Gasteiger partial charge in [0.05, 0.1) is 17.7 Å². The van der Waals surface area contributed by atoms with Crippen molar-refractivity contribution in [1.29, 1.82) is 0 Å². The van der Waals surface area contributed by atoms with E-state index in [1.165, 1.54) is 25.3 Å². The number of aryl methyl sites for hydroxylation is 2. The van der Waals surface area contributed by atoms with Gasteiger partial charge in [-0.25, -0.2) is 8.42 Å². The van der Waals surface area contributed by atoms with Crippen molar-refractivity contribution >= 4 is 21.6 Å². The van der Waals surface area contributed by atoms with Crippen LogP contribution in [-0.2, 0) is 10.0 Å². The number of carbonyl (C=O) groups is 1. The number of amides is 1. The molecular weight excluding hydrogens is 340 g/mol. The summed E-state index contributed by atoms with van der Waals surface area (Å²) in [6.07, 6.45) is 0. The van der Waals surface area contributed by atoms with Crippen molar-refractivity contribution in [2.75, 3.05) is 11.8 Å². The zero-order valence-electron chi connectivity index (χ0n) is 14.9. The number of nitrogens with one attached hydrogen (secondary N) is 1. The van der Waals surface area contributed by atoms with Crippen LogP contribution in [0.5, 0.6) is 5.75 Å². The maximum Gasteiger partial charge on any atom is 0.262 e. The molecule has 1 amide bonds. The highest BCUT2D eigenvalue weighted by molar-refractivity contribution is 7.92. The second kappa shape index (κ2) is 6.76. The number of primary amides is 1. The van der Waals surface area contributed by atoms with Gasteiger partial charge >= 0.3 is 0 Å². The highest BCUT2D eigenvalue weighted by atomic mass is 32.2. The van der Waals surface area contributed by atoms with Crippen LogP contribution in [0.1, 0.15) is 32.6 Å². The molecule has 0 fully saturated rings. The van der Waals surface area contributed by atoms with E-state index in [4.69, 9.17) is 10.5 Å². The average molecular weight is 362 g/mol. The van der Waals surface area contributed by atoms with Crippen molar-refractivity contribution in [3.8, 4) is 5.75 Å². The van der Waals surface area contributed by atoms with Crippen molar-refractivity contribution in [1.82, 2.24) is 0 Å². The van der Waals surface area contributed by atoms with Crippen molar-refractivity contribution in [2.24, 2.45) is 5.73 Å². The standard InChI is InChI=1S/C18H22N2O4S/c1-10-8-11(2)13(4)17(12(10)3)25(22,23)20-15-9-14(18(19)21)6-7-16(15)24-5/h6-9,20H,1-5H3,(H2,19,21). The highest BCUT2D eigenvalue weighted by Gasteiger charge is 2.23. The number of rotatable bonds is 5. The lowest BCUT2D eigenvalue weighted by atomic mass is 10.0. The van der Waals surface area contributed by atoms with Gasteiger partial charge in [0.2, 0.25) is 5.91 Å². The molecule has 0 saturated carbocycles. The molecule has 134 valence electrons. The molecule has 0 saturated heterocycles. The average Bonchev–Trinajstić information content (AvgIpc) is 2.52. The summed E-state index contributed by atoms with van der Waals surface area (Å²) in [5.74, 6) is -0.352. The van der Waals surface area contributed by atoms with Crippen molar-refractivity contribution in [2.45, 2.75) is 32.6 Å². The minimum Gasteiger partial charge on any atom is -0.495 e. The van der Waals surface area contributed by atoms with Gasteiger partial charge in [0.25, 0.3) is 10.0 Å². The molecule has 0 aliphatic carbocycles. The summed E-state index contributed by atoms with van der Waals surface area (Å²) >= 11 is 0. The smallest absolute Gasteiger partial charge is 0.262 e. The van der Waals surface area contributed by atoms with E-state index in [0.717, 1.165) is 11.1 Å². The van der Waals surface area contributed by atoms with E-state index >= 15 is 0 Å². The molecule has 0 spiro atoms. The maximum absolute atomic E-state index is 13.0. The molecule has 2 aromatic rings. The van der Waals surface area contributed by atoms with Crippen LogP contribution in [0, 0.1) is 27.7 Å². The maximum atomic E-state index is 13.0. The Balaban J connectivity index is 2.61. The number of nitrogens with two attached hydrogens (primary N) is 1. The second-order valence-electron chi connectivity index (χ2n) is 5.97. The van der Waals surface area contributed by atoms with E-state index in [0.29, 0.717) is 16.9 Å². The molecular formula is C18H22N2O4S. The molecule has 0 aliphatic rings. The predicted octanol–water partition coefficient (Wildman–Crippen LogP) is 2.83. The normalized spacial score (nSPS) is 11.2. The Morgan fingerprint density at radius 3 is 2.08 bits per heavy atom. The number of anilines is 1. The van der Waals surface area contributed by atoms with E-state index in [1.54, 1.807) is 13.8 Å². The Bertz CT molecular complexity index is 924. The van der Waals surface area contributed by atoms with Gasteiger partial charge in [-0.05, 0) is 68.1 Å². The summed E-state index contributed by atoms with van der Waals surface area (Å²) in [5, 5.41) is 0. The van der Waals surface area contributed by atoms with E-state index in [-0.39, 0.29) is 16.1 Å². The lowest BCUT2D eigenvalue weighted by Gasteiger charge is -2.18. The number of hydrogen-bond acceptors (Lipinski definition) is 4. The van der Waals surface area contributed by atoms with Crippen molar-refractivity contribution < 1.29 is 17.9 Å². The Labute approximate surface area is 148 Å². The van der Waals surface area contributed by atoms with Gasteiger partial charge in [-0.15, -0.1) is 0 Å². The third-order valence-corrected chi connectivity index (χ3v) is 5.93. The number of methoxy groups -OCH3 is 1. The fraction of sp³-hybridized carbons (Fsp3) is 0.278. The molecule has 3 N–H and O–H groups in total. The van der Waals surface area contributed by atoms with Crippen LogP contribution < -0.4 is 15.2 Å². The van der Waals surface area contributed by atoms with Gasteiger partial charge in [0.1, 0.15) is 5.75 Å². The molecule has 6 nitrogen and oxygen atoms in total. The molecule has 0 atom stereocenters. The number of ether oxygens (including phenoxy) is 1. The summed E-state index contributed by atoms with van der Waals surface area (Å²) in [5.41, 5.74) is 8.77. The van der Waals surface area contributed by atoms with Crippen LogP contribution in [-0.4, -0.2) is 21.4 Å². The number of sulfonamides is 1. The first-order valence-electron chi connectivity index (χ1n) is 7.66. The van der Waals surface area contributed by atoms with Crippen molar-refractivity contribution in [3.05, 3.63) is 52.1 Å². The van der Waals surface area contributed by atoms with Crippen LogP contribution in [0.3, 0.4) is 0 Å². The highest BCUT2D eigenvalue weighted by Crippen LogP contribution is 2.31. The summed E-state index contributed by atoms with van der Waals surface area (Å²) in [7, 11) is -2.46. The van der Waals surface area contributed by atoms with Crippen LogP contribution in [0.4, 0.5) is 5.69 Å². The summed E-state index contributed by atoms with van der Waals surface area (Å²) < 4.78 is 33.7. The minimum absolute atomic E-state index is 0.164. The SMILES string of the molecule is COc1ccc(C(N)=O)cc1NS(=O)(=O)c1c(C)c(C)cc(C)c1C. The second-order valence-corrected chi connectivity index (χ2v) is 7.59. The summed E-state index contributed by atoms with van der Waals surface area (Å²) in [4.78, 5) is 11.6. The lowest BCUT2D eigenvalue weighted by Crippen LogP contribution is -2.18. The molecule has 25 heavy (non-hydrogen) atoms. The summed E-state index contributed by atoms with van der Waals surface area (Å²) in [6.45, 7) is 7.28. The summed E-state index contributed by atoms with van der Waals surface area (Å²) in [6, 6.07) is 6.30. The van der Waals surface area contributed by atoms with Gasteiger partial charge in [-0.2, -0.15) is 0 Å². The van der Waals surface area contributed by atoms with Crippen LogP contribution in [0.15, 0.2) is 29.2 Å². The minimum atomic E-state index is -3.88. The zero-order chi connectivity index (χ0) is 18.9. The lowest BCUT2D eigenvalue weighted by molar-refractivity contribution is 0.100. The van der Waals surface area contributed by atoms with Crippen LogP contribution in [0.2, 0.25) is 0 Å². The van der Waals surface area contributed by atoms with Crippen molar-refractivity contribution in [3.63, 3.8) is 0 Å².